The van der Waals surface area contributed by atoms with E-state index in [2.05, 4.69) is 5.32 Å². The van der Waals surface area contributed by atoms with Crippen molar-refractivity contribution in [2.45, 2.75) is 6.92 Å². The van der Waals surface area contributed by atoms with E-state index in [-0.39, 0.29) is 23.4 Å². The summed E-state index contributed by atoms with van der Waals surface area (Å²) in [6.07, 6.45) is 0. The topological polar surface area (TPSA) is 122 Å². The highest BCUT2D eigenvalue weighted by molar-refractivity contribution is 6.36. The second kappa shape index (κ2) is 5.42. The second-order valence-electron chi connectivity index (χ2n) is 4.02. The van der Waals surface area contributed by atoms with E-state index in [4.69, 9.17) is 10.00 Å². The molecule has 1 aromatic carbocycles. The van der Waals surface area contributed by atoms with Gasteiger partial charge in [0.15, 0.2) is 5.57 Å². The van der Waals surface area contributed by atoms with Gasteiger partial charge in [-0.25, -0.2) is 4.79 Å². The molecule has 1 aliphatic heterocycles. The summed E-state index contributed by atoms with van der Waals surface area (Å²) >= 11 is 0. The van der Waals surface area contributed by atoms with Gasteiger partial charge in [-0.3, -0.25) is 14.9 Å². The molecule has 0 aliphatic carbocycles. The van der Waals surface area contributed by atoms with Crippen LogP contribution in [0.2, 0.25) is 0 Å². The quantitative estimate of drug-likeness (QED) is 0.294. The molecule has 2 rings (SSSR count). The summed E-state index contributed by atoms with van der Waals surface area (Å²) in [6, 6.07) is 5.33. The first-order valence-electron chi connectivity index (χ1n) is 5.91. The maximum atomic E-state index is 11.9. The summed E-state index contributed by atoms with van der Waals surface area (Å²) < 4.78 is 4.72. The van der Waals surface area contributed by atoms with Gasteiger partial charge in [0.2, 0.25) is 0 Å². The minimum Gasteiger partial charge on any atom is -0.462 e. The number of hydrogen-bond donors (Lipinski definition) is 1. The fourth-order valence-corrected chi connectivity index (χ4v) is 1.92. The number of non-ortho nitro benzene ring substituents is 1. The third kappa shape index (κ3) is 2.44. The highest BCUT2D eigenvalue weighted by Crippen LogP contribution is 2.36. The number of nitro benzene ring substituents is 1. The van der Waals surface area contributed by atoms with E-state index >= 15 is 0 Å². The van der Waals surface area contributed by atoms with E-state index in [0.29, 0.717) is 5.69 Å². The van der Waals surface area contributed by atoms with Crippen LogP contribution in [-0.2, 0) is 14.3 Å². The molecular formula is C13H9N3O5. The Hall–Kier alpha value is -3.21. The number of rotatable bonds is 3. The molecule has 0 atom stereocenters. The van der Waals surface area contributed by atoms with Gasteiger partial charge < -0.3 is 10.1 Å². The number of nitrogens with zero attached hydrogens (tertiary/aromatic N) is 2. The highest BCUT2D eigenvalue weighted by atomic mass is 16.6. The van der Waals surface area contributed by atoms with Crippen molar-refractivity contribution in [2.24, 2.45) is 0 Å². The number of carbonyl (C=O) groups excluding carboxylic acids is 2. The molecule has 106 valence electrons. The molecule has 1 aliphatic rings. The maximum Gasteiger partial charge on any atom is 0.349 e. The molecule has 0 unspecified atom stereocenters. The molecule has 8 nitrogen and oxygen atoms in total. The van der Waals surface area contributed by atoms with Gasteiger partial charge in [-0.15, -0.1) is 0 Å². The number of fused-ring (bicyclic) bond motifs is 1. The molecule has 1 aromatic rings. The normalized spacial score (nSPS) is 14.8. The predicted molar refractivity (Wildman–Crippen MR) is 70.9 cm³/mol. The monoisotopic (exact) mass is 287 g/mol. The number of benzene rings is 1. The molecule has 0 fully saturated rings. The van der Waals surface area contributed by atoms with Crippen molar-refractivity contribution in [1.29, 1.82) is 5.26 Å². The number of esters is 1. The van der Waals surface area contributed by atoms with Crippen LogP contribution < -0.4 is 5.32 Å². The van der Waals surface area contributed by atoms with Crippen LogP contribution in [-0.4, -0.2) is 23.4 Å². The van der Waals surface area contributed by atoms with E-state index in [1.54, 1.807) is 13.0 Å². The fourth-order valence-electron chi connectivity index (χ4n) is 1.92. The van der Waals surface area contributed by atoms with Crippen molar-refractivity contribution in [3.05, 3.63) is 39.4 Å². The van der Waals surface area contributed by atoms with Crippen LogP contribution in [0.3, 0.4) is 0 Å². The molecule has 1 heterocycles. The number of anilines is 1. The average molecular weight is 287 g/mol. The predicted octanol–water partition coefficient (Wildman–Crippen LogP) is 1.39. The van der Waals surface area contributed by atoms with E-state index in [9.17, 15) is 19.7 Å². The number of amides is 1. The van der Waals surface area contributed by atoms with Gasteiger partial charge in [0.1, 0.15) is 6.07 Å². The standard InChI is InChI=1S/C13H9N3O5/c1-2-21-13(18)9(6-14)11-8-5-7(16(19)20)3-4-10(8)15-12(11)17/h3-5H,2H2,1H3,(H,15,17). The van der Waals surface area contributed by atoms with Crippen LogP contribution in [0, 0.1) is 21.4 Å². The molecule has 1 N–H and O–H groups in total. The first kappa shape index (κ1) is 14.2. The van der Waals surface area contributed by atoms with Gasteiger partial charge in [0, 0.05) is 23.4 Å². The van der Waals surface area contributed by atoms with E-state index in [0.717, 1.165) is 6.07 Å². The van der Waals surface area contributed by atoms with Gasteiger partial charge in [-0.2, -0.15) is 5.26 Å². The van der Waals surface area contributed by atoms with Gasteiger partial charge in [0.05, 0.1) is 17.1 Å². The summed E-state index contributed by atoms with van der Waals surface area (Å²) in [5.74, 6) is -1.61. The number of nitriles is 1. The molecule has 1 amide bonds. The van der Waals surface area contributed by atoms with Gasteiger partial charge in [-0.05, 0) is 13.0 Å². The Kier molecular flexibility index (Phi) is 3.67. The zero-order chi connectivity index (χ0) is 15.6. The lowest BCUT2D eigenvalue weighted by molar-refractivity contribution is -0.384. The summed E-state index contributed by atoms with van der Waals surface area (Å²) in [7, 11) is 0. The number of hydrogen-bond acceptors (Lipinski definition) is 6. The molecule has 8 heteroatoms. The van der Waals surface area contributed by atoms with Gasteiger partial charge in [-0.1, -0.05) is 0 Å². The lowest BCUT2D eigenvalue weighted by Crippen LogP contribution is -2.13. The molecule has 0 spiro atoms. The van der Waals surface area contributed by atoms with Crippen LogP contribution in [0.1, 0.15) is 12.5 Å². The average Bonchev–Trinajstić information content (AvgIpc) is 2.76. The van der Waals surface area contributed by atoms with Gasteiger partial charge >= 0.3 is 5.97 Å². The first-order valence-corrected chi connectivity index (χ1v) is 5.91. The number of carbonyl (C=O) groups is 2. The SMILES string of the molecule is CCOC(=O)C(C#N)=C1C(=O)Nc2ccc([N+](=O)[O-])cc21. The van der Waals surface area contributed by atoms with Crippen LogP contribution >= 0.6 is 0 Å². The largest absolute Gasteiger partial charge is 0.462 e. The molecular weight excluding hydrogens is 278 g/mol. The lowest BCUT2D eigenvalue weighted by Gasteiger charge is -2.03. The Morgan fingerprint density at radius 1 is 1.52 bits per heavy atom. The minimum atomic E-state index is -0.940. The third-order valence-corrected chi connectivity index (χ3v) is 2.80. The van der Waals surface area contributed by atoms with Crippen molar-refractivity contribution >= 4 is 28.8 Å². The smallest absolute Gasteiger partial charge is 0.349 e. The minimum absolute atomic E-state index is 0.0424. The van der Waals surface area contributed by atoms with Crippen molar-refractivity contribution in [2.75, 3.05) is 11.9 Å². The number of nitrogens with one attached hydrogen (secondary N) is 1. The summed E-state index contributed by atoms with van der Waals surface area (Å²) in [4.78, 5) is 33.8. The van der Waals surface area contributed by atoms with Crippen molar-refractivity contribution < 1.29 is 19.2 Å². The van der Waals surface area contributed by atoms with E-state index in [1.807, 2.05) is 0 Å². The Bertz CT molecular complexity index is 730. The van der Waals surface area contributed by atoms with Crippen molar-refractivity contribution in [3.63, 3.8) is 0 Å². The van der Waals surface area contributed by atoms with Crippen LogP contribution in [0.25, 0.3) is 5.57 Å². The molecule has 21 heavy (non-hydrogen) atoms. The molecule has 0 bridgehead atoms. The summed E-state index contributed by atoms with van der Waals surface area (Å²) in [5.41, 5.74) is -0.497. The Balaban J connectivity index is 2.64. The van der Waals surface area contributed by atoms with Crippen LogP contribution in [0.15, 0.2) is 23.8 Å². The van der Waals surface area contributed by atoms with E-state index < -0.39 is 22.4 Å². The molecule has 0 saturated carbocycles. The zero-order valence-electron chi connectivity index (χ0n) is 10.9. The highest BCUT2D eigenvalue weighted by Gasteiger charge is 2.32. The Labute approximate surface area is 118 Å². The fraction of sp³-hybridized carbons (Fsp3) is 0.154. The lowest BCUT2D eigenvalue weighted by atomic mass is 10.0. The van der Waals surface area contributed by atoms with Crippen molar-refractivity contribution in [3.8, 4) is 6.07 Å². The molecule has 0 saturated heterocycles. The zero-order valence-corrected chi connectivity index (χ0v) is 10.9. The third-order valence-electron chi connectivity index (χ3n) is 2.80. The van der Waals surface area contributed by atoms with Gasteiger partial charge in [0.25, 0.3) is 11.6 Å². The second-order valence-corrected chi connectivity index (χ2v) is 4.02. The molecule has 0 aromatic heterocycles. The van der Waals surface area contributed by atoms with Crippen LogP contribution in [0.5, 0.6) is 0 Å². The number of nitro groups is 1. The number of ether oxygens (including phenoxy) is 1. The summed E-state index contributed by atoms with van der Waals surface area (Å²) in [6.45, 7) is 1.60. The maximum absolute atomic E-state index is 11.9. The Morgan fingerprint density at radius 2 is 2.24 bits per heavy atom. The first-order chi connectivity index (χ1) is 9.99. The Morgan fingerprint density at radius 3 is 2.81 bits per heavy atom. The molecule has 0 radical (unpaired) electrons. The van der Waals surface area contributed by atoms with Crippen molar-refractivity contribution in [1.82, 2.24) is 0 Å². The summed E-state index contributed by atoms with van der Waals surface area (Å²) in [5, 5.41) is 22.3. The van der Waals surface area contributed by atoms with Crippen LogP contribution in [0.4, 0.5) is 11.4 Å². The van der Waals surface area contributed by atoms with E-state index in [1.165, 1.54) is 12.1 Å².